The standard InChI is InChI=1S/C21H25ClN2O3/c1-26-17-13-16(14-18(15-17)27-2)7-8-21(25)24-11-9-23(10-12-24)20-6-4-3-5-19(20)22/h3-6,13-15H,7-12H2,1-2H3. The third-order valence-electron chi connectivity index (χ3n) is 4.86. The molecule has 0 N–H and O–H groups in total. The van der Waals surface area contributed by atoms with Gasteiger partial charge < -0.3 is 19.3 Å². The maximum Gasteiger partial charge on any atom is 0.223 e. The molecule has 0 atom stereocenters. The number of carbonyl (C=O) groups excluding carboxylic acids is 1. The molecule has 0 aliphatic carbocycles. The van der Waals surface area contributed by atoms with Gasteiger partial charge in [0.05, 0.1) is 24.9 Å². The van der Waals surface area contributed by atoms with E-state index in [1.807, 2.05) is 47.4 Å². The van der Waals surface area contributed by atoms with Crippen molar-refractivity contribution in [2.24, 2.45) is 0 Å². The van der Waals surface area contributed by atoms with E-state index in [1.165, 1.54) is 0 Å². The molecule has 1 fully saturated rings. The monoisotopic (exact) mass is 388 g/mol. The topological polar surface area (TPSA) is 42.0 Å². The zero-order valence-corrected chi connectivity index (χ0v) is 16.5. The molecule has 1 heterocycles. The summed E-state index contributed by atoms with van der Waals surface area (Å²) in [5.74, 6) is 1.66. The normalized spacial score (nSPS) is 14.2. The van der Waals surface area contributed by atoms with Gasteiger partial charge in [0.1, 0.15) is 11.5 Å². The molecule has 2 aromatic rings. The highest BCUT2D eigenvalue weighted by atomic mass is 35.5. The van der Waals surface area contributed by atoms with Gasteiger partial charge in [-0.2, -0.15) is 0 Å². The number of para-hydroxylation sites is 1. The molecule has 1 amide bonds. The van der Waals surface area contributed by atoms with Gasteiger partial charge in [0.25, 0.3) is 0 Å². The summed E-state index contributed by atoms with van der Waals surface area (Å²) in [5, 5.41) is 0.754. The maximum atomic E-state index is 12.6. The van der Waals surface area contributed by atoms with Crippen LogP contribution in [0.5, 0.6) is 11.5 Å². The Labute approximate surface area is 165 Å². The maximum absolute atomic E-state index is 12.6. The Balaban J connectivity index is 1.54. The SMILES string of the molecule is COc1cc(CCC(=O)N2CCN(c3ccccc3Cl)CC2)cc(OC)c1. The molecule has 5 nitrogen and oxygen atoms in total. The van der Waals surface area contributed by atoms with Gasteiger partial charge in [-0.05, 0) is 36.2 Å². The van der Waals surface area contributed by atoms with Crippen LogP contribution in [-0.4, -0.2) is 51.2 Å². The van der Waals surface area contributed by atoms with Crippen LogP contribution in [0.1, 0.15) is 12.0 Å². The Hall–Kier alpha value is -2.40. The minimum absolute atomic E-state index is 0.176. The number of benzene rings is 2. The van der Waals surface area contributed by atoms with Gasteiger partial charge in [0.15, 0.2) is 0 Å². The first-order valence-electron chi connectivity index (χ1n) is 9.10. The molecule has 1 saturated heterocycles. The van der Waals surface area contributed by atoms with Crippen LogP contribution in [0.25, 0.3) is 0 Å². The van der Waals surface area contributed by atoms with Gasteiger partial charge in [-0.3, -0.25) is 4.79 Å². The average Bonchev–Trinajstić information content (AvgIpc) is 2.72. The van der Waals surface area contributed by atoms with Gasteiger partial charge >= 0.3 is 0 Å². The van der Waals surface area contributed by atoms with Gasteiger partial charge in [0, 0.05) is 38.7 Å². The molecular formula is C21H25ClN2O3. The first kappa shape index (κ1) is 19.4. The highest BCUT2D eigenvalue weighted by Crippen LogP contribution is 2.26. The van der Waals surface area contributed by atoms with E-state index in [1.54, 1.807) is 14.2 Å². The summed E-state index contributed by atoms with van der Waals surface area (Å²) in [4.78, 5) is 16.8. The Morgan fingerprint density at radius 3 is 2.22 bits per heavy atom. The third-order valence-corrected chi connectivity index (χ3v) is 5.18. The zero-order valence-electron chi connectivity index (χ0n) is 15.8. The molecule has 144 valence electrons. The number of ether oxygens (including phenoxy) is 2. The van der Waals surface area contributed by atoms with Crippen molar-refractivity contribution >= 4 is 23.2 Å². The first-order valence-corrected chi connectivity index (χ1v) is 9.47. The Bertz CT molecular complexity index is 766. The van der Waals surface area contributed by atoms with E-state index in [2.05, 4.69) is 4.90 Å². The molecule has 0 radical (unpaired) electrons. The summed E-state index contributed by atoms with van der Waals surface area (Å²) in [6, 6.07) is 13.6. The van der Waals surface area contributed by atoms with E-state index in [0.717, 1.165) is 40.9 Å². The number of rotatable bonds is 6. The number of anilines is 1. The molecular weight excluding hydrogens is 364 g/mol. The summed E-state index contributed by atoms with van der Waals surface area (Å²) in [7, 11) is 3.25. The summed E-state index contributed by atoms with van der Waals surface area (Å²) >= 11 is 6.28. The van der Waals surface area contributed by atoms with Crippen LogP contribution in [0.3, 0.4) is 0 Å². The number of hydrogen-bond acceptors (Lipinski definition) is 4. The number of nitrogens with zero attached hydrogens (tertiary/aromatic N) is 2. The number of amides is 1. The molecule has 3 rings (SSSR count). The minimum Gasteiger partial charge on any atom is -0.497 e. The zero-order chi connectivity index (χ0) is 19.2. The quantitative estimate of drug-likeness (QED) is 0.757. The van der Waals surface area contributed by atoms with Crippen molar-refractivity contribution in [3.8, 4) is 11.5 Å². The fourth-order valence-electron chi connectivity index (χ4n) is 3.33. The van der Waals surface area contributed by atoms with Gasteiger partial charge in [0.2, 0.25) is 5.91 Å². The molecule has 0 saturated carbocycles. The highest BCUT2D eigenvalue weighted by molar-refractivity contribution is 6.33. The number of hydrogen-bond donors (Lipinski definition) is 0. The predicted octanol–water partition coefficient (Wildman–Crippen LogP) is 3.64. The summed E-state index contributed by atoms with van der Waals surface area (Å²) in [5.41, 5.74) is 2.07. The fourth-order valence-corrected chi connectivity index (χ4v) is 3.58. The van der Waals surface area contributed by atoms with E-state index in [-0.39, 0.29) is 5.91 Å². The van der Waals surface area contributed by atoms with Crippen LogP contribution >= 0.6 is 11.6 Å². The second kappa shape index (κ2) is 9.00. The van der Waals surface area contributed by atoms with Gasteiger partial charge in [-0.25, -0.2) is 0 Å². The van der Waals surface area contributed by atoms with E-state index in [0.29, 0.717) is 25.9 Å². The largest absolute Gasteiger partial charge is 0.497 e. The summed E-state index contributed by atoms with van der Waals surface area (Å²) in [6.07, 6.45) is 1.14. The lowest BCUT2D eigenvalue weighted by Crippen LogP contribution is -2.48. The molecule has 0 spiro atoms. The molecule has 1 aliphatic heterocycles. The van der Waals surface area contributed by atoms with E-state index >= 15 is 0 Å². The number of aryl methyl sites for hydroxylation is 1. The fraction of sp³-hybridized carbons (Fsp3) is 0.381. The lowest BCUT2D eigenvalue weighted by Gasteiger charge is -2.36. The van der Waals surface area contributed by atoms with Crippen molar-refractivity contribution in [2.75, 3.05) is 45.3 Å². The van der Waals surface area contributed by atoms with Crippen molar-refractivity contribution in [1.82, 2.24) is 4.90 Å². The van der Waals surface area contributed by atoms with E-state index in [9.17, 15) is 4.79 Å². The van der Waals surface area contributed by atoms with Crippen molar-refractivity contribution in [1.29, 1.82) is 0 Å². The molecule has 1 aliphatic rings. The molecule has 0 bridgehead atoms. The van der Waals surface area contributed by atoms with Crippen LogP contribution in [-0.2, 0) is 11.2 Å². The van der Waals surface area contributed by atoms with Gasteiger partial charge in [-0.1, -0.05) is 23.7 Å². The van der Waals surface area contributed by atoms with Crippen LogP contribution in [0.15, 0.2) is 42.5 Å². The van der Waals surface area contributed by atoms with Crippen molar-refractivity contribution < 1.29 is 14.3 Å². The summed E-state index contributed by atoms with van der Waals surface area (Å²) in [6.45, 7) is 3.02. The van der Waals surface area contributed by atoms with Crippen LogP contribution in [0.2, 0.25) is 5.02 Å². The van der Waals surface area contributed by atoms with Crippen LogP contribution in [0.4, 0.5) is 5.69 Å². The van der Waals surface area contributed by atoms with Crippen molar-refractivity contribution in [3.63, 3.8) is 0 Å². The first-order chi connectivity index (χ1) is 13.1. The lowest BCUT2D eigenvalue weighted by molar-refractivity contribution is -0.131. The average molecular weight is 389 g/mol. The molecule has 2 aromatic carbocycles. The number of halogens is 1. The predicted molar refractivity (Wildman–Crippen MR) is 108 cm³/mol. The second-order valence-corrected chi connectivity index (χ2v) is 6.95. The van der Waals surface area contributed by atoms with Gasteiger partial charge in [-0.15, -0.1) is 0 Å². The van der Waals surface area contributed by atoms with E-state index in [4.69, 9.17) is 21.1 Å². The minimum atomic E-state index is 0.176. The molecule has 0 aromatic heterocycles. The smallest absolute Gasteiger partial charge is 0.223 e. The molecule has 0 unspecified atom stereocenters. The molecule has 27 heavy (non-hydrogen) atoms. The van der Waals surface area contributed by atoms with Crippen LogP contribution < -0.4 is 14.4 Å². The van der Waals surface area contributed by atoms with Crippen molar-refractivity contribution in [3.05, 3.63) is 53.1 Å². The van der Waals surface area contributed by atoms with Crippen LogP contribution in [0, 0.1) is 0 Å². The van der Waals surface area contributed by atoms with Crippen molar-refractivity contribution in [2.45, 2.75) is 12.8 Å². The Morgan fingerprint density at radius 2 is 1.63 bits per heavy atom. The summed E-state index contributed by atoms with van der Waals surface area (Å²) < 4.78 is 10.6. The van der Waals surface area contributed by atoms with E-state index < -0.39 is 0 Å². The second-order valence-electron chi connectivity index (χ2n) is 6.54. The molecule has 6 heteroatoms. The third kappa shape index (κ3) is 4.86. The Kier molecular flexibility index (Phi) is 6.45. The lowest BCUT2D eigenvalue weighted by atomic mass is 10.1. The Morgan fingerprint density at radius 1 is 1.00 bits per heavy atom. The highest BCUT2D eigenvalue weighted by Gasteiger charge is 2.22. The number of methoxy groups -OCH3 is 2. The number of piperazine rings is 1. The number of carbonyl (C=O) groups is 1.